The molecule has 196 valence electrons. The molecule has 4 fully saturated rings. The van der Waals surface area contributed by atoms with Gasteiger partial charge in [-0.2, -0.15) is 5.26 Å². The summed E-state index contributed by atoms with van der Waals surface area (Å²) in [5.74, 6) is 0.132. The van der Waals surface area contributed by atoms with Gasteiger partial charge in [-0.25, -0.2) is 0 Å². The molecule has 0 spiro atoms. The van der Waals surface area contributed by atoms with Gasteiger partial charge in [-0.15, -0.1) is 11.3 Å². The zero-order chi connectivity index (χ0) is 26.2. The lowest BCUT2D eigenvalue weighted by molar-refractivity contribution is -0.146. The van der Waals surface area contributed by atoms with Crippen molar-refractivity contribution in [3.8, 4) is 6.07 Å². The summed E-state index contributed by atoms with van der Waals surface area (Å²) in [7, 11) is 0. The molecule has 4 aliphatic rings. The Balaban J connectivity index is 1.25. The normalized spacial score (nSPS) is 25.8. The number of anilines is 1. The number of amides is 2. The fraction of sp³-hybridized carbons (Fsp3) is 0.571. The second-order valence-electron chi connectivity index (χ2n) is 11.2. The number of nitriles is 1. The van der Waals surface area contributed by atoms with Crippen molar-refractivity contribution >= 4 is 40.4 Å². The molecule has 0 aliphatic heterocycles. The second-order valence-corrected chi connectivity index (χ2v) is 12.7. The van der Waals surface area contributed by atoms with Crippen LogP contribution < -0.4 is 16.0 Å². The molecule has 2 amide bonds. The molecule has 0 aromatic carbocycles. The first-order valence-corrected chi connectivity index (χ1v) is 14.5. The lowest BCUT2D eigenvalue weighted by Gasteiger charge is -2.67. The van der Waals surface area contributed by atoms with Crippen LogP contribution in [0.4, 0.5) is 5.69 Å². The Labute approximate surface area is 227 Å². The van der Waals surface area contributed by atoms with Gasteiger partial charge >= 0.3 is 0 Å². The minimum atomic E-state index is -0.562. The number of rotatable bonds is 10. The van der Waals surface area contributed by atoms with Crippen molar-refractivity contribution in [2.45, 2.75) is 89.3 Å². The van der Waals surface area contributed by atoms with E-state index >= 15 is 0 Å². The fourth-order valence-electron chi connectivity index (χ4n) is 6.31. The molecule has 0 unspecified atom stereocenters. The third-order valence-corrected chi connectivity index (χ3v) is 9.71. The number of hydrogen-bond donors (Lipinski definition) is 3. The molecule has 3 N–H and O–H groups in total. The predicted molar refractivity (Wildman–Crippen MR) is 146 cm³/mol. The number of aryl methyl sites for hydroxylation is 1. The molecule has 2 bridgehead atoms. The molecule has 4 aliphatic carbocycles. The van der Waals surface area contributed by atoms with Crippen molar-refractivity contribution < 1.29 is 9.59 Å². The zero-order valence-electron chi connectivity index (χ0n) is 21.4. The van der Waals surface area contributed by atoms with Crippen LogP contribution in [0.3, 0.4) is 0 Å². The minimum absolute atomic E-state index is 0.0137. The maximum absolute atomic E-state index is 13.3. The van der Waals surface area contributed by atoms with Gasteiger partial charge in [0.15, 0.2) is 0 Å². The van der Waals surface area contributed by atoms with Gasteiger partial charge in [-0.1, -0.05) is 44.2 Å². The van der Waals surface area contributed by atoms with Crippen molar-refractivity contribution in [2.24, 2.45) is 11.3 Å². The third-order valence-electron chi connectivity index (χ3n) is 8.31. The first-order valence-electron chi connectivity index (χ1n) is 13.3. The van der Waals surface area contributed by atoms with Crippen LogP contribution in [-0.2, 0) is 4.79 Å². The summed E-state index contributed by atoms with van der Waals surface area (Å²) >= 11 is 7.58. The highest BCUT2D eigenvalue weighted by Gasteiger charge is 2.69. The number of aromatic nitrogens is 1. The molecule has 7 nitrogen and oxygen atoms in total. The van der Waals surface area contributed by atoms with E-state index in [1.54, 1.807) is 6.20 Å². The summed E-state index contributed by atoms with van der Waals surface area (Å²) in [5, 5.41) is 19.6. The van der Waals surface area contributed by atoms with E-state index in [1.165, 1.54) is 24.2 Å². The number of nitrogens with zero attached hydrogens (tertiary/aromatic N) is 2. The molecule has 2 aromatic heterocycles. The van der Waals surface area contributed by atoms with Crippen LogP contribution in [0.1, 0.15) is 91.0 Å². The summed E-state index contributed by atoms with van der Waals surface area (Å²) in [5.41, 5.74) is 1.27. The molecular weight excluding hydrogens is 506 g/mol. The number of pyridine rings is 1. The van der Waals surface area contributed by atoms with E-state index in [2.05, 4.69) is 33.9 Å². The number of nitrogens with one attached hydrogen (secondary N) is 3. The molecule has 4 saturated carbocycles. The molecule has 2 atom stereocenters. The van der Waals surface area contributed by atoms with Gasteiger partial charge in [0.25, 0.3) is 5.91 Å². The smallest absolute Gasteiger partial charge is 0.262 e. The Morgan fingerprint density at radius 3 is 2.68 bits per heavy atom. The first kappa shape index (κ1) is 26.0. The summed E-state index contributed by atoms with van der Waals surface area (Å²) < 4.78 is 0. The van der Waals surface area contributed by atoms with Gasteiger partial charge in [0, 0.05) is 16.6 Å². The van der Waals surface area contributed by atoms with Crippen LogP contribution in [0.5, 0.6) is 0 Å². The largest absolute Gasteiger partial charge is 0.376 e. The van der Waals surface area contributed by atoms with Crippen molar-refractivity contribution in [2.75, 3.05) is 5.32 Å². The quantitative estimate of drug-likeness (QED) is 0.348. The van der Waals surface area contributed by atoms with Crippen LogP contribution in [0, 0.1) is 29.6 Å². The van der Waals surface area contributed by atoms with Crippen LogP contribution in [-0.4, -0.2) is 28.4 Å². The lowest BCUT2D eigenvalue weighted by Crippen LogP contribution is -2.75. The Morgan fingerprint density at radius 2 is 2.00 bits per heavy atom. The second kappa shape index (κ2) is 10.3. The standard InChI is InChI=1S/C28H34ClN5O2S/c1-3-20(32-21-11-19(29)12-31-17(21)2)23-8-9-24(37-23)26(36)33-22(10-18-6-4-5-7-18)25(35)34-28-13-27(14-28,15-28)16-30/h8-9,11-12,18,20,22,32H,3-7,10,13-15H2,1-2H3,(H,33,36)(H,34,35)/t20-,22+,27?,28?/m1/s1. The Kier molecular flexibility index (Phi) is 7.21. The monoisotopic (exact) mass is 539 g/mol. The van der Waals surface area contributed by atoms with Crippen molar-refractivity contribution in [1.29, 1.82) is 5.26 Å². The van der Waals surface area contributed by atoms with E-state index in [1.807, 2.05) is 25.1 Å². The van der Waals surface area contributed by atoms with Gasteiger partial charge in [0.1, 0.15) is 6.04 Å². The van der Waals surface area contributed by atoms with Crippen molar-refractivity contribution in [3.63, 3.8) is 0 Å². The number of hydrogen-bond acceptors (Lipinski definition) is 6. The van der Waals surface area contributed by atoms with Gasteiger partial charge in [0.2, 0.25) is 5.91 Å². The Bertz CT molecular complexity index is 1210. The molecule has 2 aromatic rings. The highest BCUT2D eigenvalue weighted by Crippen LogP contribution is 2.66. The summed E-state index contributed by atoms with van der Waals surface area (Å²) in [6.07, 6.45) is 9.88. The molecule has 6 rings (SSSR count). The SMILES string of the molecule is CC[C@@H](Nc1cc(Cl)cnc1C)c1ccc(C(=O)N[C@@H](CC2CCCC2)C(=O)NC23CC(C#N)(C2)C3)s1. The number of carbonyl (C=O) groups excluding carboxylic acids is 2. The lowest BCUT2D eigenvalue weighted by atomic mass is 9.40. The summed E-state index contributed by atoms with van der Waals surface area (Å²) in [6, 6.07) is 7.52. The zero-order valence-corrected chi connectivity index (χ0v) is 23.0. The Hall–Kier alpha value is -2.63. The van der Waals surface area contributed by atoms with Crippen LogP contribution in [0.25, 0.3) is 0 Å². The average molecular weight is 540 g/mol. The minimum Gasteiger partial charge on any atom is -0.376 e. The van der Waals surface area contributed by atoms with E-state index in [0.29, 0.717) is 22.2 Å². The predicted octanol–water partition coefficient (Wildman–Crippen LogP) is 5.91. The van der Waals surface area contributed by atoms with E-state index in [4.69, 9.17) is 11.6 Å². The van der Waals surface area contributed by atoms with E-state index in [9.17, 15) is 14.9 Å². The number of carbonyl (C=O) groups is 2. The van der Waals surface area contributed by atoms with E-state index < -0.39 is 6.04 Å². The van der Waals surface area contributed by atoms with Crippen molar-refractivity contribution in [3.05, 3.63) is 44.9 Å². The van der Waals surface area contributed by atoms with Gasteiger partial charge in [-0.05, 0) is 63.1 Å². The maximum atomic E-state index is 13.3. The van der Waals surface area contributed by atoms with Crippen LogP contribution in [0.2, 0.25) is 5.02 Å². The van der Waals surface area contributed by atoms with Crippen molar-refractivity contribution in [1.82, 2.24) is 15.6 Å². The first-order chi connectivity index (χ1) is 17.7. The van der Waals surface area contributed by atoms with Crippen LogP contribution in [0.15, 0.2) is 24.4 Å². The number of halogens is 1. The molecule has 37 heavy (non-hydrogen) atoms. The highest BCUT2D eigenvalue weighted by molar-refractivity contribution is 7.14. The fourth-order valence-corrected chi connectivity index (χ4v) is 7.51. The molecule has 0 radical (unpaired) electrons. The maximum Gasteiger partial charge on any atom is 0.262 e. The van der Waals surface area contributed by atoms with Gasteiger partial charge in [-0.3, -0.25) is 14.6 Å². The van der Waals surface area contributed by atoms with Gasteiger partial charge in [0.05, 0.1) is 38.8 Å². The average Bonchev–Trinajstić information content (AvgIpc) is 3.53. The topological polar surface area (TPSA) is 107 Å². The van der Waals surface area contributed by atoms with Crippen LogP contribution >= 0.6 is 22.9 Å². The third kappa shape index (κ3) is 5.35. The molecule has 0 saturated heterocycles. The molecule has 2 heterocycles. The Morgan fingerprint density at radius 1 is 1.27 bits per heavy atom. The highest BCUT2D eigenvalue weighted by atomic mass is 35.5. The number of thiophene rings is 1. The van der Waals surface area contributed by atoms with Gasteiger partial charge < -0.3 is 16.0 Å². The van der Waals surface area contributed by atoms with E-state index in [0.717, 1.165) is 54.8 Å². The molecular formula is C28H34ClN5O2S. The summed E-state index contributed by atoms with van der Waals surface area (Å²) in [6.45, 7) is 4.02. The molecule has 9 heteroatoms. The summed E-state index contributed by atoms with van der Waals surface area (Å²) in [4.78, 5) is 32.6. The van der Waals surface area contributed by atoms with E-state index in [-0.39, 0.29) is 28.8 Å².